The minimum absolute atomic E-state index is 0.129. The number of hydrogen-bond acceptors (Lipinski definition) is 9. The number of aliphatic imine (C=N–C) groups is 1. The van der Waals surface area contributed by atoms with Gasteiger partial charge in [0.25, 0.3) is 5.91 Å². The maximum absolute atomic E-state index is 13.1. The molecule has 2 fully saturated rings. The first kappa shape index (κ1) is 28.3. The molecule has 1 spiro atoms. The van der Waals surface area contributed by atoms with Crippen molar-refractivity contribution in [2.45, 2.75) is 25.3 Å². The molecule has 0 atom stereocenters. The number of carbonyl (C=O) groups is 1. The second-order valence-electron chi connectivity index (χ2n) is 10.7. The molecule has 2 N–H and O–H groups in total. The van der Waals surface area contributed by atoms with Crippen LogP contribution in [0.15, 0.2) is 65.2 Å². The number of amides is 1. The topological polar surface area (TPSA) is 109 Å². The number of piperazine rings is 1. The largest absolute Gasteiger partial charge is 0.491 e. The number of hydrogen-bond donors (Lipinski definition) is 2. The van der Waals surface area contributed by atoms with Crippen LogP contribution in [0, 0.1) is 0 Å². The number of allylic oxidation sites excluding steroid dienone is 3. The number of rotatable bonds is 11. The van der Waals surface area contributed by atoms with Crippen molar-refractivity contribution in [1.29, 1.82) is 0 Å². The first-order valence-corrected chi connectivity index (χ1v) is 13.8. The SMILES string of the molecule is C=N/C(=C\C=C(/C)N1CCNC2(CC2)C1)Nc1ncc2cc(C(=O)N(C)C)c(-c3ccc(OCCOC)cc3)n2n1. The van der Waals surface area contributed by atoms with Crippen molar-refractivity contribution in [2.24, 2.45) is 4.99 Å². The lowest BCUT2D eigenvalue weighted by atomic mass is 10.1. The maximum Gasteiger partial charge on any atom is 0.255 e. The van der Waals surface area contributed by atoms with Gasteiger partial charge in [-0.1, -0.05) is 0 Å². The molecule has 1 saturated heterocycles. The summed E-state index contributed by atoms with van der Waals surface area (Å²) in [4.78, 5) is 25.7. The molecule has 3 aromatic rings. The van der Waals surface area contributed by atoms with E-state index in [1.165, 1.54) is 18.5 Å². The molecule has 1 aliphatic carbocycles. The van der Waals surface area contributed by atoms with E-state index in [1.807, 2.05) is 36.4 Å². The summed E-state index contributed by atoms with van der Waals surface area (Å²) in [6.07, 6.45) is 8.09. The zero-order valence-electron chi connectivity index (χ0n) is 24.2. The molecular weight excluding hydrogens is 520 g/mol. The number of methoxy groups -OCH3 is 1. The van der Waals surface area contributed by atoms with E-state index in [1.54, 1.807) is 42.9 Å². The number of carbonyl (C=O) groups excluding carboxylic acids is 1. The Kier molecular flexibility index (Phi) is 8.36. The molecule has 11 nitrogen and oxygen atoms in total. The number of nitrogens with one attached hydrogen (secondary N) is 2. The summed E-state index contributed by atoms with van der Waals surface area (Å²) in [5, 5.41) is 11.6. The number of nitrogens with zero attached hydrogens (tertiary/aromatic N) is 6. The Morgan fingerprint density at radius 3 is 2.71 bits per heavy atom. The second-order valence-corrected chi connectivity index (χ2v) is 10.7. The van der Waals surface area contributed by atoms with Crippen LogP contribution in [0.5, 0.6) is 5.75 Å². The summed E-state index contributed by atoms with van der Waals surface area (Å²) in [6, 6.07) is 9.37. The van der Waals surface area contributed by atoms with E-state index in [4.69, 9.17) is 14.6 Å². The lowest BCUT2D eigenvalue weighted by Crippen LogP contribution is -2.51. The molecule has 0 unspecified atom stereocenters. The normalized spacial score (nSPS) is 16.6. The fourth-order valence-corrected chi connectivity index (χ4v) is 4.96. The Morgan fingerprint density at radius 2 is 2.02 bits per heavy atom. The third kappa shape index (κ3) is 6.41. The zero-order chi connectivity index (χ0) is 29.0. The van der Waals surface area contributed by atoms with Crippen LogP contribution in [0.2, 0.25) is 0 Å². The van der Waals surface area contributed by atoms with Crippen molar-refractivity contribution in [1.82, 2.24) is 29.7 Å². The first-order chi connectivity index (χ1) is 19.8. The maximum atomic E-state index is 13.1. The second kappa shape index (κ2) is 12.1. The van der Waals surface area contributed by atoms with Crippen LogP contribution in [0.4, 0.5) is 5.95 Å². The Hall–Kier alpha value is -4.22. The number of fused-ring (bicyclic) bond motifs is 1. The summed E-state index contributed by atoms with van der Waals surface area (Å²) >= 11 is 0. The predicted octanol–water partition coefficient (Wildman–Crippen LogP) is 3.42. The lowest BCUT2D eigenvalue weighted by molar-refractivity contribution is 0.0828. The highest BCUT2D eigenvalue weighted by molar-refractivity contribution is 6.02. The molecule has 41 heavy (non-hydrogen) atoms. The molecule has 1 amide bonds. The van der Waals surface area contributed by atoms with Crippen LogP contribution in [0.3, 0.4) is 0 Å². The summed E-state index contributed by atoms with van der Waals surface area (Å²) < 4.78 is 12.5. The van der Waals surface area contributed by atoms with Gasteiger partial charge in [-0.2, -0.15) is 0 Å². The fourth-order valence-electron chi connectivity index (χ4n) is 4.96. The Balaban J connectivity index is 1.42. The van der Waals surface area contributed by atoms with E-state index in [0.717, 1.165) is 25.2 Å². The molecule has 1 aromatic carbocycles. The molecule has 2 aromatic heterocycles. The highest BCUT2D eigenvalue weighted by atomic mass is 16.5. The highest BCUT2D eigenvalue weighted by Gasteiger charge is 2.45. The molecule has 1 aliphatic heterocycles. The molecule has 216 valence electrons. The number of benzene rings is 1. The first-order valence-electron chi connectivity index (χ1n) is 13.8. The highest BCUT2D eigenvalue weighted by Crippen LogP contribution is 2.38. The number of anilines is 1. The van der Waals surface area contributed by atoms with Gasteiger partial charge in [-0.15, -0.1) is 5.10 Å². The number of ether oxygens (including phenoxy) is 2. The van der Waals surface area contributed by atoms with E-state index in [0.29, 0.717) is 53.0 Å². The van der Waals surface area contributed by atoms with Gasteiger partial charge in [0.2, 0.25) is 5.95 Å². The van der Waals surface area contributed by atoms with Crippen LogP contribution in [0.25, 0.3) is 16.8 Å². The van der Waals surface area contributed by atoms with Gasteiger partial charge in [0.1, 0.15) is 18.2 Å². The quantitative estimate of drug-likeness (QED) is 0.209. The third-order valence-corrected chi connectivity index (χ3v) is 7.46. The van der Waals surface area contributed by atoms with Gasteiger partial charge in [-0.3, -0.25) is 4.79 Å². The molecule has 11 heteroatoms. The van der Waals surface area contributed by atoms with Crippen molar-refractivity contribution in [3.8, 4) is 17.0 Å². The van der Waals surface area contributed by atoms with E-state index in [2.05, 4.69) is 39.2 Å². The van der Waals surface area contributed by atoms with Crippen LogP contribution in [0.1, 0.15) is 30.1 Å². The zero-order valence-corrected chi connectivity index (χ0v) is 24.2. The molecule has 2 aliphatic rings. The van der Waals surface area contributed by atoms with Crippen molar-refractivity contribution < 1.29 is 14.3 Å². The third-order valence-electron chi connectivity index (χ3n) is 7.46. The van der Waals surface area contributed by atoms with Crippen LogP contribution in [-0.2, 0) is 4.74 Å². The van der Waals surface area contributed by atoms with Crippen LogP contribution < -0.4 is 15.4 Å². The lowest BCUT2D eigenvalue weighted by Gasteiger charge is -2.36. The number of aromatic nitrogens is 3. The van der Waals surface area contributed by atoms with Crippen molar-refractivity contribution in [3.63, 3.8) is 0 Å². The van der Waals surface area contributed by atoms with E-state index in [9.17, 15) is 4.79 Å². The monoisotopic (exact) mass is 558 g/mol. The standard InChI is InChI=1S/C30H38N8O3/c1-21(37-15-14-33-30(20-37)12-13-30)6-11-26(31-2)34-29-32-19-23-18-25(28(39)36(3)4)27(38(23)35-29)22-7-9-24(10-8-22)41-17-16-40-5/h6-11,18-19,33H,2,12-17,20H2,1,3-5H3,(H,34,35)/b21-6+,26-11+. The molecular formula is C30H38N8O3. The van der Waals surface area contributed by atoms with E-state index < -0.39 is 0 Å². The van der Waals surface area contributed by atoms with E-state index >= 15 is 0 Å². The summed E-state index contributed by atoms with van der Waals surface area (Å²) in [5.41, 5.74) is 4.17. The fraction of sp³-hybridized carbons (Fsp3) is 0.400. The minimum atomic E-state index is -0.129. The summed E-state index contributed by atoms with van der Waals surface area (Å²) in [6.45, 7) is 9.79. The Morgan fingerprint density at radius 1 is 1.24 bits per heavy atom. The van der Waals surface area contributed by atoms with Gasteiger partial charge in [-0.05, 0) is 69.0 Å². The Labute approximate surface area is 240 Å². The molecule has 5 rings (SSSR count). The van der Waals surface area contributed by atoms with Gasteiger partial charge < -0.3 is 29.9 Å². The van der Waals surface area contributed by atoms with Gasteiger partial charge in [0.15, 0.2) is 0 Å². The summed E-state index contributed by atoms with van der Waals surface area (Å²) in [5.74, 6) is 1.44. The molecule has 0 radical (unpaired) electrons. The predicted molar refractivity (Wildman–Crippen MR) is 160 cm³/mol. The van der Waals surface area contributed by atoms with Crippen LogP contribution in [-0.4, -0.2) is 96.6 Å². The van der Waals surface area contributed by atoms with Crippen LogP contribution >= 0.6 is 0 Å². The van der Waals surface area contributed by atoms with Gasteiger partial charge >= 0.3 is 0 Å². The smallest absolute Gasteiger partial charge is 0.255 e. The van der Waals surface area contributed by atoms with Crippen molar-refractivity contribution in [2.75, 3.05) is 59.4 Å². The minimum Gasteiger partial charge on any atom is -0.491 e. The molecule has 3 heterocycles. The van der Waals surface area contributed by atoms with Crippen molar-refractivity contribution >= 4 is 24.1 Å². The average molecular weight is 559 g/mol. The van der Waals surface area contributed by atoms with Gasteiger partial charge in [0, 0.05) is 57.6 Å². The molecule has 0 bridgehead atoms. The van der Waals surface area contributed by atoms with E-state index in [-0.39, 0.29) is 5.91 Å². The van der Waals surface area contributed by atoms with Crippen molar-refractivity contribution in [3.05, 3.63) is 65.8 Å². The average Bonchev–Trinajstić information content (AvgIpc) is 3.61. The van der Waals surface area contributed by atoms with Gasteiger partial charge in [-0.25, -0.2) is 14.5 Å². The summed E-state index contributed by atoms with van der Waals surface area (Å²) in [7, 11) is 5.09. The van der Waals surface area contributed by atoms with Gasteiger partial charge in [0.05, 0.1) is 29.6 Å². The Bertz CT molecular complexity index is 1470. The molecule has 1 saturated carbocycles.